The van der Waals surface area contributed by atoms with Crippen molar-refractivity contribution in [3.8, 4) is 11.5 Å². The highest BCUT2D eigenvalue weighted by atomic mass is 16.5. The minimum Gasteiger partial charge on any atom is -0.497 e. The van der Waals surface area contributed by atoms with Crippen molar-refractivity contribution >= 4 is 23.7 Å². The summed E-state index contributed by atoms with van der Waals surface area (Å²) in [6.45, 7) is 3.86. The van der Waals surface area contributed by atoms with Gasteiger partial charge in [0.2, 0.25) is 0 Å². The fourth-order valence-electron chi connectivity index (χ4n) is 2.87. The number of amides is 2. The number of ether oxygens (including phenoxy) is 2. The topological polar surface area (TPSA) is 89.0 Å². The molecule has 3 rings (SSSR count). The van der Waals surface area contributed by atoms with Gasteiger partial charge >= 0.3 is 0 Å². The Balaban J connectivity index is 1.48. The lowest BCUT2D eigenvalue weighted by Crippen LogP contribution is -2.20. The van der Waals surface area contributed by atoms with Gasteiger partial charge in [0.05, 0.1) is 13.3 Å². The number of methoxy groups -OCH3 is 1. The van der Waals surface area contributed by atoms with Gasteiger partial charge < -0.3 is 14.8 Å². The maximum absolute atomic E-state index is 12.2. The molecular formula is C25H25N3O4. The minimum absolute atomic E-state index is 0.0998. The number of benzene rings is 3. The zero-order valence-corrected chi connectivity index (χ0v) is 18.2. The standard InChI is InChI=1S/C25H25N3O4/c1-17-6-4-9-23(18(17)2)27-24(29)16-32-21-12-10-19(11-13-21)15-26-28-25(30)20-7-5-8-22(14-20)31-3/h4-15H,16H2,1-3H3,(H,27,29)(H,28,30)/b26-15+. The maximum Gasteiger partial charge on any atom is 0.271 e. The molecule has 0 saturated carbocycles. The Hall–Kier alpha value is -4.13. The number of hydrogen-bond acceptors (Lipinski definition) is 5. The third-order valence-corrected chi connectivity index (χ3v) is 4.84. The van der Waals surface area contributed by atoms with E-state index in [1.165, 1.54) is 6.21 Å². The van der Waals surface area contributed by atoms with Gasteiger partial charge in [0.1, 0.15) is 11.5 Å². The van der Waals surface area contributed by atoms with Crippen LogP contribution in [-0.2, 0) is 4.79 Å². The van der Waals surface area contributed by atoms with Crippen LogP contribution in [0.1, 0.15) is 27.0 Å². The molecule has 3 aromatic rings. The van der Waals surface area contributed by atoms with Crippen molar-refractivity contribution in [3.05, 3.63) is 89.0 Å². The summed E-state index contributed by atoms with van der Waals surface area (Å²) in [5.41, 5.74) is 6.61. The fourth-order valence-corrected chi connectivity index (χ4v) is 2.87. The predicted octanol–water partition coefficient (Wildman–Crippen LogP) is 4.09. The summed E-state index contributed by atoms with van der Waals surface area (Å²) < 4.78 is 10.7. The highest BCUT2D eigenvalue weighted by molar-refractivity contribution is 5.95. The lowest BCUT2D eigenvalue weighted by atomic mass is 10.1. The number of carbonyl (C=O) groups is 2. The van der Waals surface area contributed by atoms with Crippen LogP contribution in [0, 0.1) is 13.8 Å². The third-order valence-electron chi connectivity index (χ3n) is 4.84. The first-order valence-electron chi connectivity index (χ1n) is 10.0. The van der Waals surface area contributed by atoms with Gasteiger partial charge in [-0.15, -0.1) is 0 Å². The van der Waals surface area contributed by atoms with E-state index in [-0.39, 0.29) is 18.4 Å². The zero-order valence-electron chi connectivity index (χ0n) is 18.2. The van der Waals surface area contributed by atoms with Gasteiger partial charge in [-0.3, -0.25) is 9.59 Å². The van der Waals surface area contributed by atoms with Crippen molar-refractivity contribution in [2.24, 2.45) is 5.10 Å². The first kappa shape index (κ1) is 22.6. The average molecular weight is 431 g/mol. The molecule has 0 saturated heterocycles. The summed E-state index contributed by atoms with van der Waals surface area (Å²) >= 11 is 0. The zero-order chi connectivity index (χ0) is 22.9. The highest BCUT2D eigenvalue weighted by Crippen LogP contribution is 2.18. The quantitative estimate of drug-likeness (QED) is 0.415. The summed E-state index contributed by atoms with van der Waals surface area (Å²) in [5, 5.41) is 6.83. The molecule has 0 radical (unpaired) electrons. The highest BCUT2D eigenvalue weighted by Gasteiger charge is 2.07. The van der Waals surface area contributed by atoms with E-state index in [4.69, 9.17) is 9.47 Å². The first-order valence-corrected chi connectivity index (χ1v) is 10.0. The van der Waals surface area contributed by atoms with Crippen molar-refractivity contribution in [3.63, 3.8) is 0 Å². The van der Waals surface area contributed by atoms with E-state index in [2.05, 4.69) is 15.8 Å². The number of aryl methyl sites for hydroxylation is 1. The molecule has 0 atom stereocenters. The SMILES string of the molecule is COc1cccc(C(=O)N/N=C/c2ccc(OCC(=O)Nc3cccc(C)c3C)cc2)c1. The number of anilines is 1. The Kier molecular flexibility index (Phi) is 7.59. The van der Waals surface area contributed by atoms with Crippen LogP contribution in [0.4, 0.5) is 5.69 Å². The van der Waals surface area contributed by atoms with Crippen molar-refractivity contribution in [1.29, 1.82) is 0 Å². The van der Waals surface area contributed by atoms with Gasteiger partial charge in [-0.1, -0.05) is 18.2 Å². The number of carbonyl (C=O) groups excluding carboxylic acids is 2. The molecule has 2 amide bonds. The molecule has 7 heteroatoms. The smallest absolute Gasteiger partial charge is 0.271 e. The van der Waals surface area contributed by atoms with E-state index in [0.717, 1.165) is 22.4 Å². The van der Waals surface area contributed by atoms with Crippen molar-refractivity contribution in [2.45, 2.75) is 13.8 Å². The van der Waals surface area contributed by atoms with Crippen molar-refractivity contribution < 1.29 is 19.1 Å². The average Bonchev–Trinajstić information content (AvgIpc) is 2.81. The van der Waals surface area contributed by atoms with E-state index >= 15 is 0 Å². The van der Waals surface area contributed by atoms with E-state index in [0.29, 0.717) is 17.1 Å². The van der Waals surface area contributed by atoms with Crippen LogP contribution in [0.3, 0.4) is 0 Å². The Morgan fingerprint density at radius 1 is 0.969 bits per heavy atom. The molecule has 32 heavy (non-hydrogen) atoms. The van der Waals surface area contributed by atoms with E-state index in [1.807, 2.05) is 32.0 Å². The van der Waals surface area contributed by atoms with Gasteiger partial charge in [0.15, 0.2) is 6.61 Å². The third kappa shape index (κ3) is 6.18. The Morgan fingerprint density at radius 3 is 2.47 bits per heavy atom. The summed E-state index contributed by atoms with van der Waals surface area (Å²) in [7, 11) is 1.54. The lowest BCUT2D eigenvalue weighted by Gasteiger charge is -2.11. The summed E-state index contributed by atoms with van der Waals surface area (Å²) in [6, 6.07) is 19.6. The Labute approximate surface area is 187 Å². The predicted molar refractivity (Wildman–Crippen MR) is 125 cm³/mol. The largest absolute Gasteiger partial charge is 0.497 e. The molecule has 7 nitrogen and oxygen atoms in total. The van der Waals surface area contributed by atoms with E-state index < -0.39 is 0 Å². The van der Waals surface area contributed by atoms with Gasteiger partial charge in [-0.05, 0) is 79.1 Å². The first-order chi connectivity index (χ1) is 15.5. The second-order valence-corrected chi connectivity index (χ2v) is 7.08. The molecule has 0 heterocycles. The second-order valence-electron chi connectivity index (χ2n) is 7.08. The number of rotatable bonds is 8. The van der Waals surface area contributed by atoms with E-state index in [1.54, 1.807) is 55.6 Å². The molecule has 0 aromatic heterocycles. The van der Waals surface area contributed by atoms with Crippen LogP contribution in [0.25, 0.3) is 0 Å². The number of nitrogens with zero attached hydrogens (tertiary/aromatic N) is 1. The molecular weight excluding hydrogens is 406 g/mol. The molecule has 0 unspecified atom stereocenters. The van der Waals surface area contributed by atoms with Gasteiger partial charge in [0.25, 0.3) is 11.8 Å². The number of hydrogen-bond donors (Lipinski definition) is 2. The molecule has 0 bridgehead atoms. The van der Waals surface area contributed by atoms with E-state index in [9.17, 15) is 9.59 Å². The number of hydrazone groups is 1. The van der Waals surface area contributed by atoms with Crippen LogP contribution >= 0.6 is 0 Å². The summed E-state index contributed by atoms with van der Waals surface area (Å²) in [6.07, 6.45) is 1.52. The van der Waals surface area contributed by atoms with Gasteiger partial charge in [-0.2, -0.15) is 5.10 Å². The Morgan fingerprint density at radius 2 is 1.72 bits per heavy atom. The maximum atomic E-state index is 12.2. The fraction of sp³-hybridized carbons (Fsp3) is 0.160. The van der Waals surface area contributed by atoms with Gasteiger partial charge in [-0.25, -0.2) is 5.43 Å². The van der Waals surface area contributed by atoms with Gasteiger partial charge in [0, 0.05) is 11.3 Å². The summed E-state index contributed by atoms with van der Waals surface area (Å²) in [4.78, 5) is 24.3. The molecule has 3 aromatic carbocycles. The van der Waals surface area contributed by atoms with Crippen molar-refractivity contribution in [2.75, 3.05) is 19.0 Å². The van der Waals surface area contributed by atoms with Crippen LogP contribution < -0.4 is 20.2 Å². The molecule has 164 valence electrons. The molecule has 0 aliphatic carbocycles. The van der Waals surface area contributed by atoms with Crippen LogP contribution in [0.2, 0.25) is 0 Å². The second kappa shape index (κ2) is 10.8. The number of nitrogens with one attached hydrogen (secondary N) is 2. The summed E-state index contributed by atoms with van der Waals surface area (Å²) in [5.74, 6) is 0.582. The van der Waals surface area contributed by atoms with Crippen LogP contribution in [0.15, 0.2) is 71.8 Å². The minimum atomic E-state index is -0.338. The Bertz CT molecular complexity index is 1120. The lowest BCUT2D eigenvalue weighted by molar-refractivity contribution is -0.118. The molecule has 0 aliphatic rings. The normalized spacial score (nSPS) is 10.6. The monoisotopic (exact) mass is 431 g/mol. The molecule has 0 aliphatic heterocycles. The molecule has 0 fully saturated rings. The van der Waals surface area contributed by atoms with Crippen LogP contribution in [0.5, 0.6) is 11.5 Å². The molecule has 0 spiro atoms. The molecule has 2 N–H and O–H groups in total. The van der Waals surface area contributed by atoms with Crippen LogP contribution in [-0.4, -0.2) is 31.7 Å². The van der Waals surface area contributed by atoms with Crippen molar-refractivity contribution in [1.82, 2.24) is 5.43 Å².